The van der Waals surface area contributed by atoms with Crippen LogP contribution in [0.2, 0.25) is 0 Å². The van der Waals surface area contributed by atoms with Crippen LogP contribution in [0.25, 0.3) is 10.9 Å². The molecule has 1 aromatic carbocycles. The molecule has 5 rings (SSSR count). The maximum Gasteiger partial charge on any atom is 0.110 e. The minimum atomic E-state index is -0.0912. The number of rotatable bonds is 3. The van der Waals surface area contributed by atoms with Crippen molar-refractivity contribution in [3.8, 4) is 0 Å². The van der Waals surface area contributed by atoms with Gasteiger partial charge in [0.2, 0.25) is 0 Å². The molecule has 25 heavy (non-hydrogen) atoms. The predicted octanol–water partition coefficient (Wildman–Crippen LogP) is 4.34. The second-order valence-corrected chi connectivity index (χ2v) is 8.32. The standard InChI is InChI=1S/C21H24N2OS/c1-2-6-19-17(5-1)18-8-14-24-21(20(18)22-19)9-12-23(13-10-21)11-7-16-4-3-15-25-16/h1-6,15,22H,7-14H2. The van der Waals surface area contributed by atoms with Crippen molar-refractivity contribution in [2.75, 3.05) is 26.2 Å². The number of thiophene rings is 1. The lowest BCUT2D eigenvalue weighted by atomic mass is 9.83. The van der Waals surface area contributed by atoms with Crippen molar-refractivity contribution < 1.29 is 4.74 Å². The highest BCUT2D eigenvalue weighted by Crippen LogP contribution is 2.43. The minimum Gasteiger partial charge on any atom is -0.368 e. The number of nitrogens with one attached hydrogen (secondary N) is 1. The number of piperidine rings is 1. The highest BCUT2D eigenvalue weighted by atomic mass is 32.1. The third kappa shape index (κ3) is 2.73. The Labute approximate surface area is 152 Å². The molecule has 130 valence electrons. The summed E-state index contributed by atoms with van der Waals surface area (Å²) in [6, 6.07) is 13.1. The summed E-state index contributed by atoms with van der Waals surface area (Å²) in [4.78, 5) is 7.80. The average molecular weight is 353 g/mol. The second-order valence-electron chi connectivity index (χ2n) is 7.29. The number of H-pyrrole nitrogens is 1. The minimum absolute atomic E-state index is 0.0912. The molecule has 0 bridgehead atoms. The molecule has 0 radical (unpaired) electrons. The van der Waals surface area contributed by atoms with Gasteiger partial charge in [-0.15, -0.1) is 11.3 Å². The van der Waals surface area contributed by atoms with Gasteiger partial charge in [-0.1, -0.05) is 24.3 Å². The first-order valence-electron chi connectivity index (χ1n) is 9.33. The quantitative estimate of drug-likeness (QED) is 0.760. The van der Waals surface area contributed by atoms with Crippen molar-refractivity contribution in [1.29, 1.82) is 0 Å². The Morgan fingerprint density at radius 1 is 1.12 bits per heavy atom. The molecule has 1 spiro atoms. The topological polar surface area (TPSA) is 28.3 Å². The van der Waals surface area contributed by atoms with Gasteiger partial charge < -0.3 is 14.6 Å². The molecule has 1 N–H and O–H groups in total. The van der Waals surface area contributed by atoms with E-state index in [1.54, 1.807) is 0 Å². The Hall–Kier alpha value is -1.62. The molecule has 0 saturated carbocycles. The maximum atomic E-state index is 6.41. The number of likely N-dealkylation sites (tertiary alicyclic amines) is 1. The smallest absolute Gasteiger partial charge is 0.110 e. The van der Waals surface area contributed by atoms with E-state index in [1.807, 2.05) is 11.3 Å². The van der Waals surface area contributed by atoms with Crippen LogP contribution < -0.4 is 0 Å². The molecular formula is C21H24N2OS. The number of nitrogens with zero attached hydrogens (tertiary/aromatic N) is 1. The van der Waals surface area contributed by atoms with E-state index in [-0.39, 0.29) is 5.60 Å². The fourth-order valence-electron chi connectivity index (χ4n) is 4.52. The number of ether oxygens (including phenoxy) is 1. The van der Waals surface area contributed by atoms with Crippen LogP contribution in [0.4, 0.5) is 0 Å². The van der Waals surface area contributed by atoms with E-state index in [9.17, 15) is 0 Å². The molecule has 0 aliphatic carbocycles. The summed E-state index contributed by atoms with van der Waals surface area (Å²) < 4.78 is 6.41. The summed E-state index contributed by atoms with van der Waals surface area (Å²) in [5, 5.41) is 3.56. The number of benzene rings is 1. The first kappa shape index (κ1) is 15.6. The summed E-state index contributed by atoms with van der Waals surface area (Å²) in [5.74, 6) is 0. The molecule has 0 amide bonds. The van der Waals surface area contributed by atoms with Gasteiger partial charge in [0.25, 0.3) is 0 Å². The zero-order valence-electron chi connectivity index (χ0n) is 14.5. The first-order chi connectivity index (χ1) is 12.3. The largest absolute Gasteiger partial charge is 0.368 e. The SMILES string of the molecule is c1csc(CCN2CCC3(CC2)OCCc2c3[nH]c3ccccc23)c1. The molecule has 0 unspecified atom stereocenters. The van der Waals surface area contributed by atoms with Gasteiger partial charge in [-0.25, -0.2) is 0 Å². The number of fused-ring (bicyclic) bond motifs is 4. The molecule has 1 saturated heterocycles. The van der Waals surface area contributed by atoms with Gasteiger partial charge >= 0.3 is 0 Å². The summed E-state index contributed by atoms with van der Waals surface area (Å²) in [7, 11) is 0. The molecule has 2 aliphatic heterocycles. The number of aromatic nitrogens is 1. The Bertz CT molecular complexity index is 859. The molecule has 2 aromatic heterocycles. The molecule has 2 aliphatic rings. The van der Waals surface area contributed by atoms with E-state index in [1.165, 1.54) is 33.5 Å². The summed E-state index contributed by atoms with van der Waals surface area (Å²) >= 11 is 1.87. The van der Waals surface area contributed by atoms with Gasteiger partial charge in [0, 0.05) is 35.4 Å². The van der Waals surface area contributed by atoms with Gasteiger partial charge in [-0.2, -0.15) is 0 Å². The predicted molar refractivity (Wildman–Crippen MR) is 103 cm³/mol. The molecular weight excluding hydrogens is 328 g/mol. The van der Waals surface area contributed by atoms with Crippen LogP contribution in [0.5, 0.6) is 0 Å². The maximum absolute atomic E-state index is 6.41. The molecule has 3 nitrogen and oxygen atoms in total. The van der Waals surface area contributed by atoms with E-state index in [0.29, 0.717) is 0 Å². The fraction of sp³-hybridized carbons (Fsp3) is 0.429. The van der Waals surface area contributed by atoms with Crippen LogP contribution in [0.1, 0.15) is 29.0 Å². The van der Waals surface area contributed by atoms with Crippen LogP contribution in [0.15, 0.2) is 41.8 Å². The van der Waals surface area contributed by atoms with Crippen LogP contribution in [0, 0.1) is 0 Å². The van der Waals surface area contributed by atoms with E-state index >= 15 is 0 Å². The highest BCUT2D eigenvalue weighted by Gasteiger charge is 2.42. The van der Waals surface area contributed by atoms with Crippen LogP contribution in [-0.2, 0) is 23.2 Å². The third-order valence-electron chi connectivity index (χ3n) is 5.92. The third-order valence-corrected chi connectivity index (χ3v) is 6.85. The van der Waals surface area contributed by atoms with E-state index < -0.39 is 0 Å². The summed E-state index contributed by atoms with van der Waals surface area (Å²) in [6.07, 6.45) is 4.39. The average Bonchev–Trinajstić information content (AvgIpc) is 3.30. The monoisotopic (exact) mass is 352 g/mol. The zero-order chi connectivity index (χ0) is 16.7. The van der Waals surface area contributed by atoms with Crippen LogP contribution >= 0.6 is 11.3 Å². The van der Waals surface area contributed by atoms with E-state index in [4.69, 9.17) is 4.74 Å². The first-order valence-corrected chi connectivity index (χ1v) is 10.2. The Morgan fingerprint density at radius 2 is 2.00 bits per heavy atom. The number of hydrogen-bond donors (Lipinski definition) is 1. The molecule has 0 atom stereocenters. The van der Waals surface area contributed by atoms with Crippen molar-refractivity contribution in [1.82, 2.24) is 9.88 Å². The lowest BCUT2D eigenvalue weighted by Gasteiger charge is -2.43. The number of aromatic amines is 1. The normalized spacial score (nSPS) is 20.2. The van der Waals surface area contributed by atoms with Crippen LogP contribution in [-0.4, -0.2) is 36.1 Å². The van der Waals surface area contributed by atoms with Crippen molar-refractivity contribution in [2.24, 2.45) is 0 Å². The van der Waals surface area contributed by atoms with Crippen molar-refractivity contribution in [3.63, 3.8) is 0 Å². The van der Waals surface area contributed by atoms with Gasteiger partial charge in [0.15, 0.2) is 0 Å². The lowest BCUT2D eigenvalue weighted by molar-refractivity contribution is -0.0999. The Morgan fingerprint density at radius 3 is 2.84 bits per heavy atom. The molecule has 1 fully saturated rings. The van der Waals surface area contributed by atoms with Crippen molar-refractivity contribution >= 4 is 22.2 Å². The molecule has 4 heteroatoms. The number of para-hydroxylation sites is 1. The molecule has 4 heterocycles. The lowest BCUT2D eigenvalue weighted by Crippen LogP contribution is -2.47. The van der Waals surface area contributed by atoms with Crippen molar-refractivity contribution in [2.45, 2.75) is 31.3 Å². The van der Waals surface area contributed by atoms with E-state index in [2.05, 4.69) is 51.7 Å². The van der Waals surface area contributed by atoms with Gasteiger partial charge in [0.1, 0.15) is 5.60 Å². The van der Waals surface area contributed by atoms with Gasteiger partial charge in [0.05, 0.1) is 12.3 Å². The summed E-state index contributed by atoms with van der Waals surface area (Å²) in [5.41, 5.74) is 4.02. The van der Waals surface area contributed by atoms with Crippen molar-refractivity contribution in [3.05, 3.63) is 57.9 Å². The van der Waals surface area contributed by atoms with Gasteiger partial charge in [-0.05, 0) is 48.8 Å². The molecule has 3 aromatic rings. The highest BCUT2D eigenvalue weighted by molar-refractivity contribution is 7.09. The van der Waals surface area contributed by atoms with Gasteiger partial charge in [-0.3, -0.25) is 0 Å². The Kier molecular flexibility index (Phi) is 3.92. The summed E-state index contributed by atoms with van der Waals surface area (Å²) in [6.45, 7) is 4.26. The fourth-order valence-corrected chi connectivity index (χ4v) is 5.22. The number of hydrogen-bond acceptors (Lipinski definition) is 3. The van der Waals surface area contributed by atoms with E-state index in [0.717, 1.165) is 45.5 Å². The second kappa shape index (κ2) is 6.27. The van der Waals surface area contributed by atoms with Crippen LogP contribution in [0.3, 0.4) is 0 Å². The zero-order valence-corrected chi connectivity index (χ0v) is 15.3. The Balaban J connectivity index is 1.34.